The largest absolute Gasteiger partial charge is 0.389 e. The van der Waals surface area contributed by atoms with E-state index in [-0.39, 0.29) is 6.10 Å². The van der Waals surface area contributed by atoms with Gasteiger partial charge in [0, 0.05) is 11.6 Å². The third kappa shape index (κ3) is 6.97. The Balaban J connectivity index is 2.09. The molecule has 0 amide bonds. The summed E-state index contributed by atoms with van der Waals surface area (Å²) >= 11 is 5.81. The van der Waals surface area contributed by atoms with E-state index in [0.29, 0.717) is 13.2 Å². The Labute approximate surface area is 114 Å². The lowest BCUT2D eigenvalue weighted by molar-refractivity contribution is 0.00652. The van der Waals surface area contributed by atoms with Crippen LogP contribution in [0.2, 0.25) is 5.02 Å². The predicted octanol–water partition coefficient (Wildman–Crippen LogP) is 2.26. The van der Waals surface area contributed by atoms with Gasteiger partial charge in [0.2, 0.25) is 0 Å². The zero-order chi connectivity index (χ0) is 13.4. The fourth-order valence-corrected chi connectivity index (χ4v) is 1.64. The quantitative estimate of drug-likeness (QED) is 0.713. The van der Waals surface area contributed by atoms with Crippen LogP contribution in [-0.2, 0) is 11.2 Å². The van der Waals surface area contributed by atoms with Crippen molar-refractivity contribution in [3.8, 4) is 0 Å². The van der Waals surface area contributed by atoms with Crippen molar-refractivity contribution in [1.29, 1.82) is 0 Å². The smallest absolute Gasteiger partial charge is 0.0897 e. The van der Waals surface area contributed by atoms with Crippen LogP contribution in [0, 0.1) is 0 Å². The van der Waals surface area contributed by atoms with Crippen molar-refractivity contribution in [1.82, 2.24) is 5.32 Å². The molecular weight excluding hydrogens is 250 g/mol. The standard InChI is InChI=1S/C14H22ClNO2/c1-11(2)18-10-14(17)9-16-8-7-12-3-5-13(15)6-4-12/h3-6,11,14,16-17H,7-10H2,1-2H3. The van der Waals surface area contributed by atoms with E-state index in [1.807, 2.05) is 38.1 Å². The van der Waals surface area contributed by atoms with E-state index in [0.717, 1.165) is 18.0 Å². The molecule has 2 N–H and O–H groups in total. The van der Waals surface area contributed by atoms with Crippen molar-refractivity contribution >= 4 is 11.6 Å². The van der Waals surface area contributed by atoms with Crippen molar-refractivity contribution < 1.29 is 9.84 Å². The summed E-state index contributed by atoms with van der Waals surface area (Å²) in [4.78, 5) is 0. The highest BCUT2D eigenvalue weighted by Gasteiger charge is 2.04. The lowest BCUT2D eigenvalue weighted by atomic mass is 10.1. The second-order valence-corrected chi connectivity index (χ2v) is 5.05. The van der Waals surface area contributed by atoms with Gasteiger partial charge >= 0.3 is 0 Å². The maximum Gasteiger partial charge on any atom is 0.0897 e. The van der Waals surface area contributed by atoms with Crippen LogP contribution in [0.4, 0.5) is 0 Å². The number of rotatable bonds is 8. The summed E-state index contributed by atoms with van der Waals surface area (Å²) in [5, 5.41) is 13.6. The zero-order valence-corrected chi connectivity index (χ0v) is 11.8. The summed E-state index contributed by atoms with van der Waals surface area (Å²) in [6.45, 7) is 5.69. The first kappa shape index (κ1) is 15.4. The number of aliphatic hydroxyl groups is 1. The van der Waals surface area contributed by atoms with Crippen LogP contribution in [0.25, 0.3) is 0 Å². The minimum atomic E-state index is -0.447. The molecule has 0 aliphatic carbocycles. The van der Waals surface area contributed by atoms with E-state index in [1.54, 1.807) is 0 Å². The van der Waals surface area contributed by atoms with Crippen LogP contribution in [0.1, 0.15) is 19.4 Å². The van der Waals surface area contributed by atoms with E-state index in [9.17, 15) is 5.11 Å². The molecule has 0 heterocycles. The zero-order valence-electron chi connectivity index (χ0n) is 11.0. The first-order chi connectivity index (χ1) is 8.58. The van der Waals surface area contributed by atoms with Gasteiger partial charge < -0.3 is 15.2 Å². The van der Waals surface area contributed by atoms with E-state index in [4.69, 9.17) is 16.3 Å². The number of aliphatic hydroxyl groups excluding tert-OH is 1. The maximum absolute atomic E-state index is 9.63. The summed E-state index contributed by atoms with van der Waals surface area (Å²) in [6, 6.07) is 7.81. The third-order valence-corrected chi connectivity index (χ3v) is 2.76. The van der Waals surface area contributed by atoms with Crippen molar-refractivity contribution in [2.45, 2.75) is 32.5 Å². The molecule has 4 heteroatoms. The van der Waals surface area contributed by atoms with E-state index in [2.05, 4.69) is 5.32 Å². The molecule has 1 atom stereocenters. The molecule has 1 aromatic rings. The van der Waals surface area contributed by atoms with Gasteiger partial charge in [0.1, 0.15) is 0 Å². The molecule has 0 aliphatic rings. The van der Waals surface area contributed by atoms with Gasteiger partial charge in [-0.1, -0.05) is 23.7 Å². The molecule has 0 aliphatic heterocycles. The molecule has 0 aromatic heterocycles. The highest BCUT2D eigenvalue weighted by atomic mass is 35.5. The Morgan fingerprint density at radius 1 is 1.28 bits per heavy atom. The molecule has 0 radical (unpaired) electrons. The van der Waals surface area contributed by atoms with Crippen LogP contribution in [-0.4, -0.2) is 37.0 Å². The Morgan fingerprint density at radius 3 is 2.56 bits per heavy atom. The number of ether oxygens (including phenoxy) is 1. The van der Waals surface area contributed by atoms with E-state index >= 15 is 0 Å². The number of benzene rings is 1. The number of hydrogen-bond acceptors (Lipinski definition) is 3. The average Bonchev–Trinajstić information content (AvgIpc) is 2.34. The Kier molecular flexibility index (Phi) is 7.28. The molecular formula is C14H22ClNO2. The van der Waals surface area contributed by atoms with Gasteiger partial charge in [-0.2, -0.15) is 0 Å². The Bertz CT molecular complexity index is 327. The van der Waals surface area contributed by atoms with Crippen molar-refractivity contribution in [2.24, 2.45) is 0 Å². The average molecular weight is 272 g/mol. The number of hydrogen-bond donors (Lipinski definition) is 2. The Hall–Kier alpha value is -0.610. The van der Waals surface area contributed by atoms with Gasteiger partial charge in [0.05, 0.1) is 18.8 Å². The first-order valence-electron chi connectivity index (χ1n) is 6.32. The van der Waals surface area contributed by atoms with Gasteiger partial charge in [-0.05, 0) is 44.5 Å². The SMILES string of the molecule is CC(C)OCC(O)CNCCc1ccc(Cl)cc1. The molecule has 0 bridgehead atoms. The molecule has 1 unspecified atom stereocenters. The summed E-state index contributed by atoms with van der Waals surface area (Å²) in [6.07, 6.45) is 0.640. The van der Waals surface area contributed by atoms with Crippen molar-refractivity contribution in [3.63, 3.8) is 0 Å². The number of halogens is 1. The summed E-state index contributed by atoms with van der Waals surface area (Å²) in [5.74, 6) is 0. The van der Waals surface area contributed by atoms with Crippen LogP contribution < -0.4 is 5.32 Å². The lowest BCUT2D eigenvalue weighted by Crippen LogP contribution is -2.32. The van der Waals surface area contributed by atoms with Gasteiger partial charge in [-0.25, -0.2) is 0 Å². The third-order valence-electron chi connectivity index (χ3n) is 2.51. The Morgan fingerprint density at radius 2 is 1.94 bits per heavy atom. The second-order valence-electron chi connectivity index (χ2n) is 4.62. The molecule has 0 saturated heterocycles. The summed E-state index contributed by atoms with van der Waals surface area (Å²) in [5.41, 5.74) is 1.24. The van der Waals surface area contributed by atoms with Crippen LogP contribution in [0.3, 0.4) is 0 Å². The van der Waals surface area contributed by atoms with Crippen molar-refractivity contribution in [3.05, 3.63) is 34.9 Å². The normalized spacial score (nSPS) is 12.9. The molecule has 1 rings (SSSR count). The molecule has 0 spiro atoms. The second kappa shape index (κ2) is 8.48. The number of nitrogens with one attached hydrogen (secondary N) is 1. The highest BCUT2D eigenvalue weighted by Crippen LogP contribution is 2.09. The lowest BCUT2D eigenvalue weighted by Gasteiger charge is -2.14. The maximum atomic E-state index is 9.63. The predicted molar refractivity (Wildman–Crippen MR) is 75.1 cm³/mol. The molecule has 3 nitrogen and oxygen atoms in total. The topological polar surface area (TPSA) is 41.5 Å². The molecule has 18 heavy (non-hydrogen) atoms. The van der Waals surface area contributed by atoms with Crippen molar-refractivity contribution in [2.75, 3.05) is 19.7 Å². The van der Waals surface area contributed by atoms with Crippen LogP contribution in [0.15, 0.2) is 24.3 Å². The van der Waals surface area contributed by atoms with Gasteiger partial charge in [-0.15, -0.1) is 0 Å². The van der Waals surface area contributed by atoms with Gasteiger partial charge in [0.25, 0.3) is 0 Å². The van der Waals surface area contributed by atoms with Crippen LogP contribution in [0.5, 0.6) is 0 Å². The molecule has 102 valence electrons. The molecule has 0 saturated carbocycles. The van der Waals surface area contributed by atoms with Gasteiger partial charge in [-0.3, -0.25) is 0 Å². The minimum Gasteiger partial charge on any atom is -0.389 e. The van der Waals surface area contributed by atoms with Gasteiger partial charge in [0.15, 0.2) is 0 Å². The molecule has 1 aromatic carbocycles. The fourth-order valence-electron chi connectivity index (χ4n) is 1.51. The first-order valence-corrected chi connectivity index (χ1v) is 6.70. The summed E-state index contributed by atoms with van der Waals surface area (Å²) in [7, 11) is 0. The fraction of sp³-hybridized carbons (Fsp3) is 0.571. The van der Waals surface area contributed by atoms with E-state index in [1.165, 1.54) is 5.56 Å². The minimum absolute atomic E-state index is 0.161. The summed E-state index contributed by atoms with van der Waals surface area (Å²) < 4.78 is 5.33. The van der Waals surface area contributed by atoms with Crippen LogP contribution >= 0.6 is 11.6 Å². The molecule has 0 fully saturated rings. The highest BCUT2D eigenvalue weighted by molar-refractivity contribution is 6.30. The monoisotopic (exact) mass is 271 g/mol. The van der Waals surface area contributed by atoms with E-state index < -0.39 is 6.10 Å².